The summed E-state index contributed by atoms with van der Waals surface area (Å²) < 4.78 is 5.52. The van der Waals surface area contributed by atoms with Crippen molar-refractivity contribution in [2.24, 2.45) is 0 Å². The molecule has 0 aliphatic carbocycles. The first kappa shape index (κ1) is 17.8. The Morgan fingerprint density at radius 2 is 1.87 bits per heavy atom. The van der Waals surface area contributed by atoms with Crippen molar-refractivity contribution in [3.05, 3.63) is 35.4 Å². The van der Waals surface area contributed by atoms with Crippen molar-refractivity contribution in [3.8, 4) is 0 Å². The molecule has 6 heteroatoms. The second-order valence-electron chi connectivity index (χ2n) is 6.01. The number of carbonyl (C=O) groups excluding carboxylic acids is 1. The van der Waals surface area contributed by atoms with E-state index < -0.39 is 11.5 Å². The summed E-state index contributed by atoms with van der Waals surface area (Å²) in [5, 5.41) is 12.2. The lowest BCUT2D eigenvalue weighted by atomic mass is 9.92. The summed E-state index contributed by atoms with van der Waals surface area (Å²) in [6.07, 6.45) is 1.07. The normalized spacial score (nSPS) is 17.0. The first-order valence-electron chi connectivity index (χ1n) is 7.77. The Morgan fingerprint density at radius 3 is 2.39 bits per heavy atom. The molecule has 0 spiro atoms. The van der Waals surface area contributed by atoms with Crippen LogP contribution in [0, 0.1) is 0 Å². The average molecular weight is 337 g/mol. The standard InChI is InChI=1S/C17H23NO4S/c1-12(2)22-11-13-3-5-14(6-4-13)15(19)18-17(16(20)21)7-9-23-10-8-17/h3-6,12H,7-11H2,1-2H3,(H,18,19)(H,20,21). The topological polar surface area (TPSA) is 75.6 Å². The Bertz CT molecular complexity index is 550. The molecule has 1 aromatic rings. The summed E-state index contributed by atoms with van der Waals surface area (Å²) in [6.45, 7) is 4.43. The van der Waals surface area contributed by atoms with Crippen LogP contribution in [0.3, 0.4) is 0 Å². The monoisotopic (exact) mass is 337 g/mol. The van der Waals surface area contributed by atoms with E-state index >= 15 is 0 Å². The molecule has 0 unspecified atom stereocenters. The van der Waals surface area contributed by atoms with Crippen LogP contribution in [0.25, 0.3) is 0 Å². The third kappa shape index (κ3) is 4.72. The number of carboxylic acid groups (broad SMARTS) is 1. The van der Waals surface area contributed by atoms with Gasteiger partial charge in [0.1, 0.15) is 5.54 Å². The highest BCUT2D eigenvalue weighted by Crippen LogP contribution is 2.27. The van der Waals surface area contributed by atoms with E-state index in [1.807, 2.05) is 26.0 Å². The van der Waals surface area contributed by atoms with Gasteiger partial charge in [0.15, 0.2) is 0 Å². The van der Waals surface area contributed by atoms with Gasteiger partial charge in [-0.15, -0.1) is 0 Å². The van der Waals surface area contributed by atoms with E-state index in [1.54, 1.807) is 23.9 Å². The second-order valence-corrected chi connectivity index (χ2v) is 7.24. The third-order valence-corrected chi connectivity index (χ3v) is 4.89. The zero-order chi connectivity index (χ0) is 16.9. The quantitative estimate of drug-likeness (QED) is 0.835. The molecule has 23 heavy (non-hydrogen) atoms. The van der Waals surface area contributed by atoms with Crippen LogP contribution in [0.4, 0.5) is 0 Å². The van der Waals surface area contributed by atoms with Gasteiger partial charge in [0.25, 0.3) is 5.91 Å². The molecule has 2 N–H and O–H groups in total. The molecule has 1 aromatic carbocycles. The number of carboxylic acids is 1. The number of benzene rings is 1. The summed E-state index contributed by atoms with van der Waals surface area (Å²) in [4.78, 5) is 24.0. The molecule has 1 saturated heterocycles. The number of thioether (sulfide) groups is 1. The zero-order valence-electron chi connectivity index (χ0n) is 13.5. The Kier molecular flexibility index (Phi) is 6.07. The number of hydrogen-bond donors (Lipinski definition) is 2. The van der Waals surface area contributed by atoms with Gasteiger partial charge in [0.05, 0.1) is 12.7 Å². The van der Waals surface area contributed by atoms with Gasteiger partial charge < -0.3 is 15.2 Å². The van der Waals surface area contributed by atoms with Crippen LogP contribution in [0.2, 0.25) is 0 Å². The molecule has 0 radical (unpaired) electrons. The molecule has 1 heterocycles. The van der Waals surface area contributed by atoms with Crippen molar-refractivity contribution in [2.75, 3.05) is 11.5 Å². The highest BCUT2D eigenvalue weighted by Gasteiger charge is 2.41. The van der Waals surface area contributed by atoms with Crippen LogP contribution in [0.15, 0.2) is 24.3 Å². The summed E-state index contributed by atoms with van der Waals surface area (Å²) in [7, 11) is 0. The fourth-order valence-electron chi connectivity index (χ4n) is 2.42. The molecule has 5 nitrogen and oxygen atoms in total. The molecule has 0 aromatic heterocycles. The lowest BCUT2D eigenvalue weighted by molar-refractivity contribution is -0.144. The molecular formula is C17H23NO4S. The largest absolute Gasteiger partial charge is 0.480 e. The molecule has 1 aliphatic heterocycles. The molecule has 1 aliphatic rings. The first-order valence-corrected chi connectivity index (χ1v) is 8.93. The van der Waals surface area contributed by atoms with Crippen LogP contribution >= 0.6 is 11.8 Å². The number of rotatable bonds is 6. The minimum atomic E-state index is -1.14. The predicted molar refractivity (Wildman–Crippen MR) is 90.8 cm³/mol. The Hall–Kier alpha value is -1.53. The molecule has 0 atom stereocenters. The summed E-state index contributed by atoms with van der Waals surface area (Å²) in [6, 6.07) is 7.09. The summed E-state index contributed by atoms with van der Waals surface area (Å²) in [5.41, 5.74) is 0.316. The lowest BCUT2D eigenvalue weighted by Crippen LogP contribution is -2.56. The van der Waals surface area contributed by atoms with E-state index in [4.69, 9.17) is 4.74 Å². The maximum Gasteiger partial charge on any atom is 0.329 e. The van der Waals surface area contributed by atoms with E-state index in [9.17, 15) is 14.7 Å². The van der Waals surface area contributed by atoms with Crippen molar-refractivity contribution < 1.29 is 19.4 Å². The van der Waals surface area contributed by atoms with Crippen molar-refractivity contribution in [1.82, 2.24) is 5.32 Å². The highest BCUT2D eigenvalue weighted by atomic mass is 32.2. The van der Waals surface area contributed by atoms with Gasteiger partial charge in [-0.1, -0.05) is 12.1 Å². The van der Waals surface area contributed by atoms with Crippen molar-refractivity contribution >= 4 is 23.6 Å². The number of amides is 1. The molecule has 1 amide bonds. The predicted octanol–water partition coefficient (Wildman–Crippen LogP) is 2.69. The average Bonchev–Trinajstić information content (AvgIpc) is 2.54. The van der Waals surface area contributed by atoms with Crippen LogP contribution < -0.4 is 5.32 Å². The van der Waals surface area contributed by atoms with Crippen molar-refractivity contribution in [1.29, 1.82) is 0 Å². The van der Waals surface area contributed by atoms with Crippen LogP contribution in [-0.4, -0.2) is 40.1 Å². The molecule has 1 fully saturated rings. The third-order valence-electron chi connectivity index (χ3n) is 3.91. The maximum absolute atomic E-state index is 12.4. The van der Waals surface area contributed by atoms with Gasteiger partial charge in [-0.05, 0) is 55.9 Å². The van der Waals surface area contributed by atoms with E-state index in [0.717, 1.165) is 17.1 Å². The number of hydrogen-bond acceptors (Lipinski definition) is 4. The van der Waals surface area contributed by atoms with Gasteiger partial charge in [0.2, 0.25) is 0 Å². The maximum atomic E-state index is 12.4. The smallest absolute Gasteiger partial charge is 0.329 e. The number of nitrogens with one attached hydrogen (secondary N) is 1. The van der Waals surface area contributed by atoms with E-state index in [0.29, 0.717) is 25.0 Å². The lowest BCUT2D eigenvalue weighted by Gasteiger charge is -2.33. The molecule has 0 saturated carbocycles. The fraction of sp³-hybridized carbons (Fsp3) is 0.529. The van der Waals surface area contributed by atoms with Crippen molar-refractivity contribution in [3.63, 3.8) is 0 Å². The van der Waals surface area contributed by atoms with Crippen molar-refractivity contribution in [2.45, 2.75) is 44.9 Å². The Labute approximate surface area is 140 Å². The minimum absolute atomic E-state index is 0.151. The highest BCUT2D eigenvalue weighted by molar-refractivity contribution is 7.99. The molecule has 126 valence electrons. The number of ether oxygens (including phenoxy) is 1. The number of aliphatic carboxylic acids is 1. The van der Waals surface area contributed by atoms with Gasteiger partial charge in [-0.25, -0.2) is 4.79 Å². The van der Waals surface area contributed by atoms with Gasteiger partial charge >= 0.3 is 5.97 Å². The van der Waals surface area contributed by atoms with Crippen LogP contribution in [0.1, 0.15) is 42.6 Å². The van der Waals surface area contributed by atoms with E-state index in [-0.39, 0.29) is 12.0 Å². The van der Waals surface area contributed by atoms with Gasteiger partial charge in [-0.2, -0.15) is 11.8 Å². The molecular weight excluding hydrogens is 314 g/mol. The Balaban J connectivity index is 2.03. The SMILES string of the molecule is CC(C)OCc1ccc(C(=O)NC2(C(=O)O)CCSCC2)cc1. The minimum Gasteiger partial charge on any atom is -0.480 e. The van der Waals surface area contributed by atoms with Gasteiger partial charge in [0, 0.05) is 5.56 Å². The summed E-state index contributed by atoms with van der Waals surface area (Å²) >= 11 is 1.72. The fourth-order valence-corrected chi connectivity index (χ4v) is 3.61. The second kappa shape index (κ2) is 7.84. The van der Waals surface area contributed by atoms with Gasteiger partial charge in [-0.3, -0.25) is 4.79 Å². The van der Waals surface area contributed by atoms with E-state index in [2.05, 4.69) is 5.32 Å². The number of carbonyl (C=O) groups is 2. The zero-order valence-corrected chi connectivity index (χ0v) is 14.3. The summed E-state index contributed by atoms with van der Waals surface area (Å²) in [5.74, 6) is 0.208. The van der Waals surface area contributed by atoms with E-state index in [1.165, 1.54) is 0 Å². The molecule has 2 rings (SSSR count). The Morgan fingerprint density at radius 1 is 1.26 bits per heavy atom. The van der Waals surface area contributed by atoms with Crippen LogP contribution in [0.5, 0.6) is 0 Å². The van der Waals surface area contributed by atoms with Crippen LogP contribution in [-0.2, 0) is 16.1 Å². The first-order chi connectivity index (χ1) is 10.9. The molecule has 0 bridgehead atoms.